The summed E-state index contributed by atoms with van der Waals surface area (Å²) in [6.07, 6.45) is 1.90. The fourth-order valence-electron chi connectivity index (χ4n) is 6.61. The summed E-state index contributed by atoms with van der Waals surface area (Å²) in [6.45, 7) is 22.7. The van der Waals surface area contributed by atoms with Crippen LogP contribution in [0.25, 0.3) is 11.1 Å². The van der Waals surface area contributed by atoms with Crippen molar-refractivity contribution in [2.75, 3.05) is 24.5 Å². The number of carbonyl (C=O) groups is 1. The molecule has 3 aromatic rings. The van der Waals surface area contributed by atoms with E-state index in [-0.39, 0.29) is 5.41 Å². The average Bonchev–Trinajstić information content (AvgIpc) is 3.23. The zero-order valence-corrected chi connectivity index (χ0v) is 27.4. The first-order valence-electron chi connectivity index (χ1n) is 15.6. The van der Waals surface area contributed by atoms with E-state index in [4.69, 9.17) is 14.2 Å². The highest BCUT2D eigenvalue weighted by Gasteiger charge is 2.36. The van der Waals surface area contributed by atoms with E-state index in [0.29, 0.717) is 11.3 Å². The maximum Gasteiger partial charge on any atom is 0.337 e. The van der Waals surface area contributed by atoms with Crippen LogP contribution < -0.4 is 4.90 Å². The molecule has 2 aliphatic heterocycles. The first-order valence-corrected chi connectivity index (χ1v) is 15.6. The summed E-state index contributed by atoms with van der Waals surface area (Å²) < 4.78 is 11.6. The van der Waals surface area contributed by atoms with E-state index in [1.165, 1.54) is 16.7 Å². The maximum absolute atomic E-state index is 12.8. The molecule has 43 heavy (non-hydrogen) atoms. The van der Waals surface area contributed by atoms with Crippen LogP contribution in [0.2, 0.25) is 0 Å². The van der Waals surface area contributed by atoms with Crippen molar-refractivity contribution >= 4 is 11.7 Å². The molecule has 1 aromatic carbocycles. The molecule has 0 aliphatic carbocycles. The van der Waals surface area contributed by atoms with Gasteiger partial charge in [-0.05, 0) is 89.8 Å². The number of piperidine rings is 1. The number of aryl methyl sites for hydroxylation is 4. The molecule has 0 bridgehead atoms. The third-order valence-electron chi connectivity index (χ3n) is 9.12. The summed E-state index contributed by atoms with van der Waals surface area (Å²) in [6, 6.07) is 6.75. The SMILES string of the molecule is Cc1noc(C)c1CN1CCc2cc(-c3c(C)nc(C)c(C(OC(C)(C)C)C(=O)O)c3N3CCC(C)(C)CC3)ccc2C1. The number of aliphatic carboxylic acids is 1. The molecule has 0 saturated carbocycles. The van der Waals surface area contributed by atoms with Gasteiger partial charge in [-0.15, -0.1) is 0 Å². The number of benzene rings is 1. The number of pyridine rings is 1. The van der Waals surface area contributed by atoms with Crippen molar-refractivity contribution in [3.63, 3.8) is 0 Å². The lowest BCUT2D eigenvalue weighted by Gasteiger charge is -2.41. The van der Waals surface area contributed by atoms with Crippen molar-refractivity contribution in [2.45, 2.75) is 106 Å². The van der Waals surface area contributed by atoms with Gasteiger partial charge in [0.05, 0.1) is 17.0 Å². The van der Waals surface area contributed by atoms with Gasteiger partial charge in [0.15, 0.2) is 6.10 Å². The number of hydrogen-bond acceptors (Lipinski definition) is 7. The van der Waals surface area contributed by atoms with Crippen LogP contribution >= 0.6 is 0 Å². The van der Waals surface area contributed by atoms with Crippen LogP contribution in [0, 0.1) is 33.1 Å². The number of fused-ring (bicyclic) bond motifs is 1. The maximum atomic E-state index is 12.8. The van der Waals surface area contributed by atoms with Gasteiger partial charge in [0.1, 0.15) is 5.76 Å². The molecular formula is C35H48N4O4. The van der Waals surface area contributed by atoms with Crippen LogP contribution in [0.1, 0.15) is 98.7 Å². The molecule has 8 nitrogen and oxygen atoms in total. The van der Waals surface area contributed by atoms with Crippen molar-refractivity contribution < 1.29 is 19.2 Å². The van der Waals surface area contributed by atoms with E-state index in [1.807, 2.05) is 41.5 Å². The van der Waals surface area contributed by atoms with Crippen molar-refractivity contribution in [1.82, 2.24) is 15.0 Å². The fourth-order valence-corrected chi connectivity index (χ4v) is 6.61. The number of ether oxygens (including phenoxy) is 1. The summed E-state index contributed by atoms with van der Waals surface area (Å²) in [4.78, 5) is 22.6. The van der Waals surface area contributed by atoms with E-state index >= 15 is 0 Å². The molecule has 5 rings (SSSR count). The summed E-state index contributed by atoms with van der Waals surface area (Å²) in [5, 5.41) is 14.6. The van der Waals surface area contributed by atoms with Crippen LogP contribution in [-0.4, -0.2) is 51.4 Å². The Bertz CT molecular complexity index is 1490. The predicted molar refractivity (Wildman–Crippen MR) is 169 cm³/mol. The topological polar surface area (TPSA) is 91.9 Å². The lowest BCUT2D eigenvalue weighted by molar-refractivity contribution is -0.160. The number of aromatic nitrogens is 2. The number of rotatable bonds is 7. The average molecular weight is 589 g/mol. The lowest BCUT2D eigenvalue weighted by Crippen LogP contribution is -2.39. The molecule has 0 radical (unpaired) electrons. The van der Waals surface area contributed by atoms with Gasteiger partial charge >= 0.3 is 5.97 Å². The molecular weight excluding hydrogens is 540 g/mol. The smallest absolute Gasteiger partial charge is 0.337 e. The normalized spacial score (nSPS) is 18.0. The number of hydrogen-bond donors (Lipinski definition) is 1. The second kappa shape index (κ2) is 11.7. The largest absolute Gasteiger partial charge is 0.479 e. The molecule has 0 amide bonds. The molecule has 4 heterocycles. The van der Waals surface area contributed by atoms with Gasteiger partial charge in [0.25, 0.3) is 0 Å². The molecule has 1 unspecified atom stereocenters. The highest BCUT2D eigenvalue weighted by Crippen LogP contribution is 2.45. The molecule has 232 valence electrons. The van der Waals surface area contributed by atoms with Gasteiger partial charge in [0, 0.05) is 60.8 Å². The Morgan fingerprint density at radius 2 is 1.74 bits per heavy atom. The third kappa shape index (κ3) is 6.65. The summed E-state index contributed by atoms with van der Waals surface area (Å²) in [5.74, 6) is -0.0995. The summed E-state index contributed by atoms with van der Waals surface area (Å²) in [7, 11) is 0. The lowest BCUT2D eigenvalue weighted by atomic mass is 9.81. The highest BCUT2D eigenvalue weighted by molar-refractivity contribution is 5.88. The quantitative estimate of drug-likeness (QED) is 0.313. The molecule has 1 N–H and O–H groups in total. The minimum Gasteiger partial charge on any atom is -0.479 e. The van der Waals surface area contributed by atoms with E-state index in [9.17, 15) is 9.90 Å². The third-order valence-corrected chi connectivity index (χ3v) is 9.12. The van der Waals surface area contributed by atoms with Gasteiger partial charge in [0.2, 0.25) is 0 Å². The molecule has 2 aromatic heterocycles. The van der Waals surface area contributed by atoms with Gasteiger partial charge in [-0.25, -0.2) is 4.79 Å². The minimum atomic E-state index is -1.12. The second-order valence-electron chi connectivity index (χ2n) is 14.3. The summed E-state index contributed by atoms with van der Waals surface area (Å²) >= 11 is 0. The van der Waals surface area contributed by atoms with Crippen LogP contribution in [-0.2, 0) is 29.0 Å². The van der Waals surface area contributed by atoms with Crippen molar-refractivity contribution in [2.24, 2.45) is 5.41 Å². The van der Waals surface area contributed by atoms with Crippen molar-refractivity contribution in [3.8, 4) is 11.1 Å². The Labute approximate surface area is 256 Å². The van der Waals surface area contributed by atoms with E-state index in [2.05, 4.69) is 53.9 Å². The number of nitrogens with zero attached hydrogens (tertiary/aromatic N) is 4. The molecule has 1 fully saturated rings. The van der Waals surface area contributed by atoms with Gasteiger partial charge < -0.3 is 19.3 Å². The number of carboxylic acid groups (broad SMARTS) is 1. The second-order valence-corrected chi connectivity index (χ2v) is 14.3. The Kier molecular flexibility index (Phi) is 8.49. The first-order chi connectivity index (χ1) is 20.1. The van der Waals surface area contributed by atoms with E-state index < -0.39 is 17.7 Å². The van der Waals surface area contributed by atoms with Crippen molar-refractivity contribution in [3.05, 3.63) is 63.3 Å². The van der Waals surface area contributed by atoms with Crippen LogP contribution in [0.15, 0.2) is 22.7 Å². The van der Waals surface area contributed by atoms with Crippen molar-refractivity contribution in [1.29, 1.82) is 0 Å². The number of anilines is 1. The standard InChI is InChI=1S/C35H48N4O4/c1-21-28(24(4)43-37-21)20-38-15-12-25-18-26(10-11-27(25)19-38)29-22(2)36-23(3)30(32(33(40)41)42-34(5,6)7)31(29)39-16-13-35(8,9)14-17-39/h10-11,18,32H,12-17,19-20H2,1-9H3,(H,40,41). The first kappa shape index (κ1) is 31.2. The van der Waals surface area contributed by atoms with E-state index in [1.54, 1.807) is 0 Å². The number of carboxylic acids is 1. The van der Waals surface area contributed by atoms with Gasteiger partial charge in [-0.3, -0.25) is 9.88 Å². The molecule has 1 saturated heterocycles. The Morgan fingerprint density at radius 3 is 2.35 bits per heavy atom. The van der Waals surface area contributed by atoms with Crippen LogP contribution in [0.4, 0.5) is 5.69 Å². The summed E-state index contributed by atoms with van der Waals surface area (Å²) in [5.41, 5.74) is 9.78. The Balaban J connectivity index is 1.58. The van der Waals surface area contributed by atoms with Gasteiger partial charge in [-0.1, -0.05) is 37.2 Å². The Hall–Kier alpha value is -3.23. The minimum absolute atomic E-state index is 0.253. The molecule has 1 atom stereocenters. The van der Waals surface area contributed by atoms with Crippen LogP contribution in [0.3, 0.4) is 0 Å². The van der Waals surface area contributed by atoms with Crippen LogP contribution in [0.5, 0.6) is 0 Å². The van der Waals surface area contributed by atoms with E-state index in [0.717, 1.165) is 85.9 Å². The monoisotopic (exact) mass is 588 g/mol. The fraction of sp³-hybridized carbons (Fsp3) is 0.571. The molecule has 8 heteroatoms. The highest BCUT2D eigenvalue weighted by atomic mass is 16.5. The molecule has 0 spiro atoms. The van der Waals surface area contributed by atoms with Gasteiger partial charge in [-0.2, -0.15) is 0 Å². The zero-order valence-electron chi connectivity index (χ0n) is 27.4. The molecule has 2 aliphatic rings. The predicted octanol–water partition coefficient (Wildman–Crippen LogP) is 7.10. The zero-order chi connectivity index (χ0) is 31.3. The Morgan fingerprint density at radius 1 is 1.05 bits per heavy atom.